The summed E-state index contributed by atoms with van der Waals surface area (Å²) in [5.41, 5.74) is -1.09. The summed E-state index contributed by atoms with van der Waals surface area (Å²) in [4.78, 5) is 34.5. The second-order valence-corrected chi connectivity index (χ2v) is 6.69. The van der Waals surface area contributed by atoms with Gasteiger partial charge in [0.2, 0.25) is 10.0 Å². The van der Waals surface area contributed by atoms with Gasteiger partial charge in [-0.2, -0.15) is 0 Å². The number of non-ortho nitro benzene ring substituents is 1. The lowest BCUT2D eigenvalue weighted by Gasteiger charge is -2.08. The van der Waals surface area contributed by atoms with E-state index in [0.717, 1.165) is 10.6 Å². The number of benzene rings is 1. The number of aromatic nitrogens is 2. The molecular formula is C13H14N4O6S. The van der Waals surface area contributed by atoms with Gasteiger partial charge in [0.15, 0.2) is 0 Å². The number of nitrogens with zero attached hydrogens (tertiary/aromatic N) is 2. The molecule has 0 amide bonds. The smallest absolute Gasteiger partial charge is 0.299 e. The van der Waals surface area contributed by atoms with E-state index in [-0.39, 0.29) is 24.3 Å². The van der Waals surface area contributed by atoms with Gasteiger partial charge in [0.25, 0.3) is 11.2 Å². The van der Waals surface area contributed by atoms with Gasteiger partial charge in [0.05, 0.1) is 10.7 Å². The van der Waals surface area contributed by atoms with Crippen LogP contribution in [-0.4, -0.2) is 29.4 Å². The molecule has 0 radical (unpaired) electrons. The Morgan fingerprint density at radius 3 is 2.67 bits per heavy atom. The predicted molar refractivity (Wildman–Crippen MR) is 85.0 cm³/mol. The van der Waals surface area contributed by atoms with Crippen LogP contribution in [0.4, 0.5) is 5.69 Å². The standard InChI is InChI=1S/C13H14N4O6S/c18-12-4-6-16(13(19)15-12)7-5-14-24(22,23)9-10-2-1-3-11(8-10)17(20)21/h1-4,6,8,14H,5,7,9H2,(H,15,18,19). The minimum absolute atomic E-state index is 0.0315. The topological polar surface area (TPSA) is 144 Å². The highest BCUT2D eigenvalue weighted by Gasteiger charge is 2.14. The average molecular weight is 354 g/mol. The summed E-state index contributed by atoms with van der Waals surface area (Å²) in [6.45, 7) is -0.0347. The fourth-order valence-corrected chi connectivity index (χ4v) is 3.09. The summed E-state index contributed by atoms with van der Waals surface area (Å²) in [7, 11) is -3.73. The van der Waals surface area contributed by atoms with E-state index in [4.69, 9.17) is 0 Å². The first-order valence-corrected chi connectivity index (χ1v) is 8.42. The Kier molecular flexibility index (Phi) is 5.26. The molecule has 2 N–H and O–H groups in total. The first-order valence-electron chi connectivity index (χ1n) is 6.77. The Balaban J connectivity index is 1.99. The number of hydrogen-bond donors (Lipinski definition) is 2. The lowest BCUT2D eigenvalue weighted by atomic mass is 10.2. The zero-order valence-corrected chi connectivity index (χ0v) is 13.2. The van der Waals surface area contributed by atoms with Crippen molar-refractivity contribution in [3.8, 4) is 0 Å². The predicted octanol–water partition coefficient (Wildman–Crippen LogP) is -0.436. The lowest BCUT2D eigenvalue weighted by molar-refractivity contribution is -0.384. The normalized spacial score (nSPS) is 11.3. The zero-order chi connectivity index (χ0) is 17.7. The fourth-order valence-electron chi connectivity index (χ4n) is 1.97. The van der Waals surface area contributed by atoms with Gasteiger partial charge >= 0.3 is 5.69 Å². The Bertz CT molecular complexity index is 963. The van der Waals surface area contributed by atoms with Crippen LogP contribution in [0.1, 0.15) is 5.56 Å². The molecule has 0 atom stereocenters. The Hall–Kier alpha value is -2.79. The van der Waals surface area contributed by atoms with Gasteiger partial charge in [-0.3, -0.25) is 24.5 Å². The van der Waals surface area contributed by atoms with Crippen molar-refractivity contribution >= 4 is 15.7 Å². The van der Waals surface area contributed by atoms with Gasteiger partial charge in [-0.1, -0.05) is 12.1 Å². The van der Waals surface area contributed by atoms with Crippen LogP contribution in [0.3, 0.4) is 0 Å². The molecule has 0 saturated heterocycles. The van der Waals surface area contributed by atoms with Crippen molar-refractivity contribution in [2.24, 2.45) is 0 Å². The number of aromatic amines is 1. The number of H-pyrrole nitrogens is 1. The second kappa shape index (κ2) is 7.19. The van der Waals surface area contributed by atoms with Gasteiger partial charge in [0.1, 0.15) is 0 Å². The Labute approximate surface area is 136 Å². The van der Waals surface area contributed by atoms with Crippen LogP contribution in [0.5, 0.6) is 0 Å². The summed E-state index contributed by atoms with van der Waals surface area (Å²) >= 11 is 0. The van der Waals surface area contributed by atoms with Gasteiger partial charge < -0.3 is 0 Å². The van der Waals surface area contributed by atoms with Crippen LogP contribution in [0, 0.1) is 10.1 Å². The molecule has 1 aromatic carbocycles. The molecule has 11 heteroatoms. The van der Waals surface area contributed by atoms with Gasteiger partial charge in [-0.15, -0.1) is 0 Å². The lowest BCUT2D eigenvalue weighted by Crippen LogP contribution is -2.34. The number of hydrogen-bond acceptors (Lipinski definition) is 6. The highest BCUT2D eigenvalue weighted by atomic mass is 32.2. The molecule has 0 spiro atoms. The quantitative estimate of drug-likeness (QED) is 0.510. The van der Waals surface area contributed by atoms with Crippen LogP contribution in [0.25, 0.3) is 0 Å². The summed E-state index contributed by atoms with van der Waals surface area (Å²) < 4.78 is 27.4. The number of nitro benzene ring substituents is 1. The van der Waals surface area contributed by atoms with E-state index < -0.39 is 31.9 Å². The van der Waals surface area contributed by atoms with Crippen LogP contribution < -0.4 is 16.0 Å². The number of nitrogens with one attached hydrogen (secondary N) is 2. The van der Waals surface area contributed by atoms with Crippen molar-refractivity contribution in [3.05, 3.63) is 73.0 Å². The van der Waals surface area contributed by atoms with Gasteiger partial charge in [-0.25, -0.2) is 17.9 Å². The first kappa shape index (κ1) is 17.6. The van der Waals surface area contributed by atoms with E-state index in [9.17, 15) is 28.1 Å². The Morgan fingerprint density at radius 1 is 1.25 bits per heavy atom. The van der Waals surface area contributed by atoms with Crippen molar-refractivity contribution in [2.45, 2.75) is 12.3 Å². The number of rotatable bonds is 7. The highest BCUT2D eigenvalue weighted by molar-refractivity contribution is 7.88. The van der Waals surface area contributed by atoms with Gasteiger partial charge in [-0.05, 0) is 5.56 Å². The summed E-state index contributed by atoms with van der Waals surface area (Å²) in [5.74, 6) is -0.421. The minimum Gasteiger partial charge on any atom is -0.299 e. The molecular weight excluding hydrogens is 340 g/mol. The summed E-state index contributed by atoms with van der Waals surface area (Å²) in [6.07, 6.45) is 1.26. The maximum atomic E-state index is 12.0. The fraction of sp³-hybridized carbons (Fsp3) is 0.231. The molecule has 0 aliphatic rings. The molecule has 0 aliphatic carbocycles. The molecule has 0 fully saturated rings. The average Bonchev–Trinajstić information content (AvgIpc) is 2.49. The van der Waals surface area contributed by atoms with E-state index in [2.05, 4.69) is 9.71 Å². The molecule has 0 saturated carbocycles. The molecule has 128 valence electrons. The third-order valence-electron chi connectivity index (χ3n) is 3.05. The molecule has 10 nitrogen and oxygen atoms in total. The third kappa shape index (κ3) is 4.86. The van der Waals surface area contributed by atoms with Crippen molar-refractivity contribution in [1.82, 2.24) is 14.3 Å². The monoisotopic (exact) mass is 354 g/mol. The second-order valence-electron chi connectivity index (χ2n) is 4.88. The minimum atomic E-state index is -3.73. The number of sulfonamides is 1. The van der Waals surface area contributed by atoms with E-state index in [1.54, 1.807) is 0 Å². The SMILES string of the molecule is O=c1ccn(CCNS(=O)(=O)Cc2cccc([N+](=O)[O-])c2)c(=O)[nH]1. The van der Waals surface area contributed by atoms with Crippen molar-refractivity contribution < 1.29 is 13.3 Å². The summed E-state index contributed by atoms with van der Waals surface area (Å²) in [6, 6.07) is 6.48. The highest BCUT2D eigenvalue weighted by Crippen LogP contribution is 2.14. The van der Waals surface area contributed by atoms with Gasteiger partial charge in [0, 0.05) is 37.5 Å². The summed E-state index contributed by atoms with van der Waals surface area (Å²) in [5, 5.41) is 10.7. The third-order valence-corrected chi connectivity index (χ3v) is 4.41. The molecule has 1 aromatic heterocycles. The Morgan fingerprint density at radius 2 is 2.00 bits per heavy atom. The van der Waals surface area contributed by atoms with E-state index >= 15 is 0 Å². The van der Waals surface area contributed by atoms with E-state index in [1.807, 2.05) is 0 Å². The largest absolute Gasteiger partial charge is 0.328 e. The van der Waals surface area contributed by atoms with Crippen LogP contribution in [0.2, 0.25) is 0 Å². The molecule has 2 rings (SSSR count). The molecule has 0 unspecified atom stereocenters. The maximum Gasteiger partial charge on any atom is 0.328 e. The molecule has 24 heavy (non-hydrogen) atoms. The van der Waals surface area contributed by atoms with E-state index in [0.29, 0.717) is 0 Å². The van der Waals surface area contributed by atoms with Crippen LogP contribution in [-0.2, 0) is 22.3 Å². The molecule has 2 aromatic rings. The maximum absolute atomic E-state index is 12.0. The molecule has 0 bridgehead atoms. The van der Waals surface area contributed by atoms with Crippen LogP contribution in [0.15, 0.2) is 46.1 Å². The van der Waals surface area contributed by atoms with Crippen LogP contribution >= 0.6 is 0 Å². The van der Waals surface area contributed by atoms with Crippen molar-refractivity contribution in [2.75, 3.05) is 6.54 Å². The van der Waals surface area contributed by atoms with Crippen molar-refractivity contribution in [3.63, 3.8) is 0 Å². The zero-order valence-electron chi connectivity index (χ0n) is 12.3. The molecule has 0 aliphatic heterocycles. The van der Waals surface area contributed by atoms with Crippen molar-refractivity contribution in [1.29, 1.82) is 0 Å². The first-order chi connectivity index (χ1) is 11.3. The van der Waals surface area contributed by atoms with E-state index in [1.165, 1.54) is 30.5 Å². The number of nitro groups is 1. The molecule has 1 heterocycles.